The molecule has 0 aromatic heterocycles. The Morgan fingerprint density at radius 3 is 2.92 bits per heavy atom. The third-order valence-electron chi connectivity index (χ3n) is 2.71. The highest BCUT2D eigenvalue weighted by Crippen LogP contribution is 2.22. The molecule has 0 amide bonds. The molecule has 13 heavy (non-hydrogen) atoms. The van der Waals surface area contributed by atoms with E-state index in [2.05, 4.69) is 11.9 Å². The molecule has 0 aromatic carbocycles. The largest absolute Gasteiger partial charge is 0.305 e. The van der Waals surface area contributed by atoms with Crippen LogP contribution in [0.3, 0.4) is 0 Å². The van der Waals surface area contributed by atoms with Gasteiger partial charge >= 0.3 is 0 Å². The average Bonchev–Trinajstić information content (AvgIpc) is 2.04. The van der Waals surface area contributed by atoms with Crippen molar-refractivity contribution >= 4 is 5.78 Å². The Hall–Kier alpha value is -0.630. The van der Waals surface area contributed by atoms with Gasteiger partial charge in [-0.1, -0.05) is 12.2 Å². The fourth-order valence-corrected chi connectivity index (χ4v) is 1.76. The second kappa shape index (κ2) is 4.56. The van der Waals surface area contributed by atoms with E-state index in [1.807, 2.05) is 6.92 Å². The van der Waals surface area contributed by atoms with Crippen LogP contribution in [0.25, 0.3) is 0 Å². The predicted molar refractivity (Wildman–Crippen MR) is 54.7 cm³/mol. The zero-order chi connectivity index (χ0) is 9.84. The van der Waals surface area contributed by atoms with Gasteiger partial charge < -0.3 is 5.32 Å². The molecule has 0 heterocycles. The van der Waals surface area contributed by atoms with Crippen LogP contribution in [0.1, 0.15) is 39.5 Å². The Morgan fingerprint density at radius 1 is 1.69 bits per heavy atom. The number of Topliss-reactive ketones (excluding diaryl/α,β-unsaturated/α-hetero) is 1. The highest BCUT2D eigenvalue weighted by molar-refractivity contribution is 5.80. The fourth-order valence-electron chi connectivity index (χ4n) is 1.76. The summed E-state index contributed by atoms with van der Waals surface area (Å²) in [5.74, 6) is 0.219. The van der Waals surface area contributed by atoms with E-state index in [1.165, 1.54) is 18.4 Å². The molecule has 2 heteroatoms. The summed E-state index contributed by atoms with van der Waals surface area (Å²) in [7, 11) is 0. The molecule has 2 atom stereocenters. The van der Waals surface area contributed by atoms with E-state index in [1.54, 1.807) is 6.92 Å². The molecule has 0 saturated heterocycles. The molecular weight excluding hydrogens is 162 g/mol. The first-order valence-electron chi connectivity index (χ1n) is 5.02. The lowest BCUT2D eigenvalue weighted by Crippen LogP contribution is -2.41. The predicted octanol–water partition coefficient (Wildman–Crippen LogP) is 2.05. The maximum Gasteiger partial charge on any atom is 0.146 e. The number of hydrogen-bond donors (Lipinski definition) is 1. The monoisotopic (exact) mass is 181 g/mol. The highest BCUT2D eigenvalue weighted by atomic mass is 16.1. The molecule has 1 saturated carbocycles. The van der Waals surface area contributed by atoms with E-state index >= 15 is 0 Å². The number of hydrogen-bond acceptors (Lipinski definition) is 2. The van der Waals surface area contributed by atoms with Gasteiger partial charge in [-0.2, -0.15) is 0 Å². The van der Waals surface area contributed by atoms with E-state index in [0.29, 0.717) is 6.04 Å². The molecule has 0 spiro atoms. The molecule has 0 aromatic rings. The zero-order valence-corrected chi connectivity index (χ0v) is 8.60. The van der Waals surface area contributed by atoms with Crippen LogP contribution in [0.2, 0.25) is 0 Å². The molecule has 0 unspecified atom stereocenters. The molecule has 0 radical (unpaired) electrons. The first-order valence-corrected chi connectivity index (χ1v) is 5.02. The van der Waals surface area contributed by atoms with Crippen LogP contribution in [-0.2, 0) is 4.79 Å². The molecule has 1 fully saturated rings. The molecule has 74 valence electrons. The van der Waals surface area contributed by atoms with Crippen molar-refractivity contribution in [1.29, 1.82) is 0 Å². The van der Waals surface area contributed by atoms with Gasteiger partial charge in [-0.05, 0) is 39.5 Å². The summed E-state index contributed by atoms with van der Waals surface area (Å²) in [6.07, 6.45) is 4.59. The van der Waals surface area contributed by atoms with Crippen molar-refractivity contribution in [3.63, 3.8) is 0 Å². The number of rotatable bonds is 3. The van der Waals surface area contributed by atoms with Gasteiger partial charge in [0.15, 0.2) is 0 Å². The lowest BCUT2D eigenvalue weighted by atomic mass is 9.91. The first-order chi connectivity index (χ1) is 6.09. The standard InChI is InChI=1S/C11H19NO/c1-8-5-4-6-11(7-8)12-9(2)10(3)13/h9,11-12H,1,4-7H2,2-3H3/t9-,11-/m0/s1. The molecule has 1 N–H and O–H groups in total. The SMILES string of the molecule is C=C1CCC[C@H](N[C@@H](C)C(C)=O)C1. The van der Waals surface area contributed by atoms with Crippen molar-refractivity contribution in [3.05, 3.63) is 12.2 Å². The van der Waals surface area contributed by atoms with Crippen molar-refractivity contribution in [3.8, 4) is 0 Å². The summed E-state index contributed by atoms with van der Waals surface area (Å²) in [5.41, 5.74) is 1.32. The van der Waals surface area contributed by atoms with Gasteiger partial charge in [-0.25, -0.2) is 0 Å². The Balaban J connectivity index is 2.35. The quantitative estimate of drug-likeness (QED) is 0.675. The smallest absolute Gasteiger partial charge is 0.146 e. The molecule has 0 aliphatic heterocycles. The van der Waals surface area contributed by atoms with E-state index in [0.717, 1.165) is 12.8 Å². The van der Waals surface area contributed by atoms with Crippen molar-refractivity contribution in [2.75, 3.05) is 0 Å². The third kappa shape index (κ3) is 3.31. The molecule has 1 rings (SSSR count). The topological polar surface area (TPSA) is 29.1 Å². The van der Waals surface area contributed by atoms with Crippen molar-refractivity contribution in [2.24, 2.45) is 0 Å². The zero-order valence-electron chi connectivity index (χ0n) is 8.60. The van der Waals surface area contributed by atoms with Gasteiger partial charge in [0.2, 0.25) is 0 Å². The summed E-state index contributed by atoms with van der Waals surface area (Å²) < 4.78 is 0. The van der Waals surface area contributed by atoms with Gasteiger partial charge in [0.1, 0.15) is 5.78 Å². The van der Waals surface area contributed by atoms with E-state index in [-0.39, 0.29) is 11.8 Å². The van der Waals surface area contributed by atoms with Crippen LogP contribution < -0.4 is 5.32 Å². The molecule has 0 bridgehead atoms. The van der Waals surface area contributed by atoms with Crippen LogP contribution in [0.4, 0.5) is 0 Å². The molecule has 1 aliphatic rings. The Labute approximate surface area is 80.4 Å². The summed E-state index contributed by atoms with van der Waals surface area (Å²) >= 11 is 0. The summed E-state index contributed by atoms with van der Waals surface area (Å²) in [6.45, 7) is 7.56. The fraction of sp³-hybridized carbons (Fsp3) is 0.727. The van der Waals surface area contributed by atoms with Crippen LogP contribution in [0.15, 0.2) is 12.2 Å². The third-order valence-corrected chi connectivity index (χ3v) is 2.71. The van der Waals surface area contributed by atoms with Gasteiger partial charge in [-0.3, -0.25) is 4.79 Å². The highest BCUT2D eigenvalue weighted by Gasteiger charge is 2.18. The Bertz CT molecular complexity index is 210. The lowest BCUT2D eigenvalue weighted by molar-refractivity contribution is -0.118. The van der Waals surface area contributed by atoms with E-state index in [9.17, 15) is 4.79 Å². The Morgan fingerprint density at radius 2 is 2.38 bits per heavy atom. The van der Waals surface area contributed by atoms with Crippen LogP contribution in [-0.4, -0.2) is 17.9 Å². The van der Waals surface area contributed by atoms with Gasteiger partial charge in [-0.15, -0.1) is 0 Å². The van der Waals surface area contributed by atoms with Crippen LogP contribution in [0, 0.1) is 0 Å². The van der Waals surface area contributed by atoms with Gasteiger partial charge in [0.05, 0.1) is 6.04 Å². The average molecular weight is 181 g/mol. The second-order valence-corrected chi connectivity index (χ2v) is 4.04. The maximum atomic E-state index is 11.0. The van der Waals surface area contributed by atoms with Crippen molar-refractivity contribution in [1.82, 2.24) is 5.32 Å². The normalized spacial score (nSPS) is 25.7. The minimum absolute atomic E-state index is 0.00380. The minimum atomic E-state index is -0.00380. The van der Waals surface area contributed by atoms with Crippen molar-refractivity contribution in [2.45, 2.75) is 51.6 Å². The lowest BCUT2D eigenvalue weighted by Gasteiger charge is -2.26. The first kappa shape index (κ1) is 10.5. The summed E-state index contributed by atoms with van der Waals surface area (Å²) in [5, 5.41) is 3.34. The van der Waals surface area contributed by atoms with E-state index < -0.39 is 0 Å². The molecular formula is C11H19NO. The van der Waals surface area contributed by atoms with Crippen LogP contribution in [0.5, 0.6) is 0 Å². The number of carbonyl (C=O) groups is 1. The summed E-state index contributed by atoms with van der Waals surface area (Å²) in [6, 6.07) is 0.469. The van der Waals surface area contributed by atoms with Gasteiger partial charge in [0.25, 0.3) is 0 Å². The van der Waals surface area contributed by atoms with Gasteiger partial charge in [0, 0.05) is 6.04 Å². The minimum Gasteiger partial charge on any atom is -0.305 e. The number of ketones is 1. The number of nitrogens with one attached hydrogen (secondary N) is 1. The van der Waals surface area contributed by atoms with E-state index in [4.69, 9.17) is 0 Å². The number of carbonyl (C=O) groups excluding carboxylic acids is 1. The molecule has 2 nitrogen and oxygen atoms in total. The van der Waals surface area contributed by atoms with Crippen LogP contribution >= 0.6 is 0 Å². The van der Waals surface area contributed by atoms with Crippen molar-refractivity contribution < 1.29 is 4.79 Å². The maximum absolute atomic E-state index is 11.0. The Kier molecular flexibility index (Phi) is 3.67. The summed E-state index contributed by atoms with van der Waals surface area (Å²) in [4.78, 5) is 11.0. The molecule has 1 aliphatic carbocycles. The second-order valence-electron chi connectivity index (χ2n) is 4.04.